The molecule has 5 nitrogen and oxygen atoms in total. The summed E-state index contributed by atoms with van der Waals surface area (Å²) in [6, 6.07) is 2.60. The number of carbonyl (C=O) groups excluding carboxylic acids is 1. The summed E-state index contributed by atoms with van der Waals surface area (Å²) in [5.74, 6) is 0.405. The van der Waals surface area contributed by atoms with E-state index in [1.54, 1.807) is 4.90 Å². The Bertz CT molecular complexity index is 483. The maximum absolute atomic E-state index is 12.1. The Kier molecular flexibility index (Phi) is 3.64. The lowest BCUT2D eigenvalue weighted by molar-refractivity contribution is -0.211. The highest BCUT2D eigenvalue weighted by atomic mass is 16.6. The predicted octanol–water partition coefficient (Wildman–Crippen LogP) is 2.95. The fraction of sp³-hybridized carbons (Fsp3) is 0.882. The summed E-state index contributed by atoms with van der Waals surface area (Å²) in [4.78, 5) is 13.9. The molecule has 2 heterocycles. The number of piperidine rings is 1. The van der Waals surface area contributed by atoms with Crippen molar-refractivity contribution in [1.82, 2.24) is 4.90 Å². The molecule has 22 heavy (non-hydrogen) atoms. The summed E-state index contributed by atoms with van der Waals surface area (Å²) in [7, 11) is 0. The number of hydrogen-bond donors (Lipinski definition) is 0. The van der Waals surface area contributed by atoms with Crippen molar-refractivity contribution in [2.24, 2.45) is 16.7 Å². The molecule has 3 fully saturated rings. The first-order chi connectivity index (χ1) is 10.3. The minimum Gasteiger partial charge on any atom is -0.444 e. The molecule has 1 saturated carbocycles. The molecule has 122 valence electrons. The van der Waals surface area contributed by atoms with E-state index in [4.69, 9.17) is 9.47 Å². The lowest BCUT2D eigenvalue weighted by Crippen LogP contribution is -2.60. The van der Waals surface area contributed by atoms with Gasteiger partial charge >= 0.3 is 6.09 Å². The van der Waals surface area contributed by atoms with Gasteiger partial charge in [-0.25, -0.2) is 4.79 Å². The van der Waals surface area contributed by atoms with Crippen LogP contribution in [-0.4, -0.2) is 42.9 Å². The van der Waals surface area contributed by atoms with Crippen LogP contribution in [0, 0.1) is 28.1 Å². The van der Waals surface area contributed by atoms with Gasteiger partial charge in [0.05, 0.1) is 24.7 Å². The first-order valence-electron chi connectivity index (χ1n) is 8.25. The Morgan fingerprint density at radius 3 is 2.27 bits per heavy atom. The monoisotopic (exact) mass is 306 g/mol. The summed E-state index contributed by atoms with van der Waals surface area (Å²) in [6.07, 6.45) is 3.55. The van der Waals surface area contributed by atoms with E-state index in [9.17, 15) is 10.1 Å². The second kappa shape index (κ2) is 5.13. The Hall–Kier alpha value is -1.28. The lowest BCUT2D eigenvalue weighted by Gasteiger charge is -2.60. The average molecular weight is 306 g/mol. The van der Waals surface area contributed by atoms with Crippen LogP contribution in [0.4, 0.5) is 4.79 Å². The highest BCUT2D eigenvalue weighted by Crippen LogP contribution is 2.62. The largest absolute Gasteiger partial charge is 0.444 e. The number of hydrogen-bond acceptors (Lipinski definition) is 4. The van der Waals surface area contributed by atoms with E-state index in [2.05, 4.69) is 6.07 Å². The molecule has 3 aliphatic rings. The fourth-order valence-electron chi connectivity index (χ4n) is 4.28. The van der Waals surface area contributed by atoms with E-state index in [1.165, 1.54) is 0 Å². The highest BCUT2D eigenvalue weighted by molar-refractivity contribution is 5.68. The Labute approximate surface area is 132 Å². The maximum atomic E-state index is 12.1. The third-order valence-electron chi connectivity index (χ3n) is 5.35. The van der Waals surface area contributed by atoms with Crippen LogP contribution in [0.1, 0.15) is 46.5 Å². The van der Waals surface area contributed by atoms with Crippen molar-refractivity contribution in [3.8, 4) is 6.07 Å². The van der Waals surface area contributed by atoms with Crippen molar-refractivity contribution < 1.29 is 14.3 Å². The van der Waals surface area contributed by atoms with Gasteiger partial charge in [-0.1, -0.05) is 0 Å². The molecule has 1 spiro atoms. The molecule has 0 unspecified atom stereocenters. The standard InChI is InChI=1S/C17H26N2O3/c1-15(2,3)22-14(20)19-6-4-13(5-7-19)17(10-18)8-16(9-17)11-21-12-16/h13H,4-9,11-12H2,1-3H3. The molecule has 0 bridgehead atoms. The molecule has 0 aromatic heterocycles. The molecular weight excluding hydrogens is 280 g/mol. The summed E-state index contributed by atoms with van der Waals surface area (Å²) >= 11 is 0. The molecule has 0 aromatic rings. The molecule has 5 heteroatoms. The van der Waals surface area contributed by atoms with Gasteiger partial charge in [0.1, 0.15) is 5.60 Å². The third-order valence-corrected chi connectivity index (χ3v) is 5.35. The quantitative estimate of drug-likeness (QED) is 0.747. The number of amides is 1. The summed E-state index contributed by atoms with van der Waals surface area (Å²) in [5, 5.41) is 9.67. The smallest absolute Gasteiger partial charge is 0.410 e. The van der Waals surface area contributed by atoms with Crippen LogP contribution < -0.4 is 0 Å². The second-order valence-corrected chi connectivity index (χ2v) is 8.36. The lowest BCUT2D eigenvalue weighted by atomic mass is 9.47. The fourth-order valence-corrected chi connectivity index (χ4v) is 4.28. The minimum atomic E-state index is -0.452. The highest BCUT2D eigenvalue weighted by Gasteiger charge is 2.61. The minimum absolute atomic E-state index is 0.177. The van der Waals surface area contributed by atoms with Crippen LogP contribution >= 0.6 is 0 Å². The molecule has 0 N–H and O–H groups in total. The number of nitrogens with zero attached hydrogens (tertiary/aromatic N) is 2. The number of carbonyl (C=O) groups is 1. The van der Waals surface area contributed by atoms with Gasteiger partial charge in [-0.15, -0.1) is 0 Å². The summed E-state index contributed by atoms with van der Waals surface area (Å²) < 4.78 is 10.8. The Morgan fingerprint density at radius 1 is 1.27 bits per heavy atom. The molecule has 0 atom stereocenters. The molecule has 1 amide bonds. The first kappa shape index (κ1) is 15.6. The van der Waals surface area contributed by atoms with Gasteiger partial charge in [0.2, 0.25) is 0 Å². The molecular formula is C17H26N2O3. The molecule has 2 aliphatic heterocycles. The van der Waals surface area contributed by atoms with Crippen molar-refractivity contribution >= 4 is 6.09 Å². The first-order valence-corrected chi connectivity index (χ1v) is 8.25. The van der Waals surface area contributed by atoms with E-state index in [0.29, 0.717) is 24.4 Å². The van der Waals surface area contributed by atoms with Crippen molar-refractivity contribution in [1.29, 1.82) is 5.26 Å². The molecule has 0 radical (unpaired) electrons. The van der Waals surface area contributed by atoms with Crippen LogP contribution in [-0.2, 0) is 9.47 Å². The predicted molar refractivity (Wildman–Crippen MR) is 81.1 cm³/mol. The van der Waals surface area contributed by atoms with Crippen LogP contribution in [0.2, 0.25) is 0 Å². The van der Waals surface area contributed by atoms with Gasteiger partial charge in [-0.05, 0) is 52.4 Å². The number of ether oxygens (including phenoxy) is 2. The van der Waals surface area contributed by atoms with Crippen LogP contribution in [0.5, 0.6) is 0 Å². The summed E-state index contributed by atoms with van der Waals surface area (Å²) in [6.45, 7) is 8.71. The van der Waals surface area contributed by atoms with Gasteiger partial charge in [0, 0.05) is 18.5 Å². The zero-order chi connectivity index (χ0) is 16.0. The van der Waals surface area contributed by atoms with E-state index < -0.39 is 5.60 Å². The van der Waals surface area contributed by atoms with Crippen LogP contribution in [0.15, 0.2) is 0 Å². The maximum Gasteiger partial charge on any atom is 0.410 e. The Morgan fingerprint density at radius 2 is 1.86 bits per heavy atom. The van der Waals surface area contributed by atoms with Crippen molar-refractivity contribution in [3.05, 3.63) is 0 Å². The number of likely N-dealkylation sites (tertiary alicyclic amines) is 1. The SMILES string of the molecule is CC(C)(C)OC(=O)N1CCC(C2(C#N)CC3(COC3)C2)CC1. The van der Waals surface area contributed by atoms with Crippen molar-refractivity contribution in [3.63, 3.8) is 0 Å². The number of rotatable bonds is 1. The van der Waals surface area contributed by atoms with Crippen molar-refractivity contribution in [2.45, 2.75) is 52.1 Å². The van der Waals surface area contributed by atoms with E-state index in [0.717, 1.165) is 38.9 Å². The third kappa shape index (κ3) is 2.69. The zero-order valence-electron chi connectivity index (χ0n) is 13.9. The van der Waals surface area contributed by atoms with Crippen molar-refractivity contribution in [2.75, 3.05) is 26.3 Å². The van der Waals surface area contributed by atoms with Gasteiger partial charge in [0.15, 0.2) is 0 Å². The van der Waals surface area contributed by atoms with Gasteiger partial charge < -0.3 is 14.4 Å². The summed E-state index contributed by atoms with van der Waals surface area (Å²) in [5.41, 5.74) is -0.325. The normalized spacial score (nSPS) is 26.7. The van der Waals surface area contributed by atoms with Gasteiger partial charge in [0.25, 0.3) is 0 Å². The molecule has 2 saturated heterocycles. The van der Waals surface area contributed by atoms with E-state index in [-0.39, 0.29) is 11.5 Å². The van der Waals surface area contributed by atoms with Crippen LogP contribution in [0.3, 0.4) is 0 Å². The average Bonchev–Trinajstić information content (AvgIpc) is 2.35. The topological polar surface area (TPSA) is 62.6 Å². The van der Waals surface area contributed by atoms with Gasteiger partial charge in [-0.2, -0.15) is 5.26 Å². The molecule has 3 rings (SSSR count). The van der Waals surface area contributed by atoms with E-state index >= 15 is 0 Å². The number of nitriles is 1. The van der Waals surface area contributed by atoms with Gasteiger partial charge in [-0.3, -0.25) is 0 Å². The van der Waals surface area contributed by atoms with Crippen LogP contribution in [0.25, 0.3) is 0 Å². The zero-order valence-corrected chi connectivity index (χ0v) is 13.9. The van der Waals surface area contributed by atoms with E-state index in [1.807, 2.05) is 20.8 Å². The second-order valence-electron chi connectivity index (χ2n) is 8.36. The molecule has 0 aromatic carbocycles. The Balaban J connectivity index is 1.53. The molecule has 1 aliphatic carbocycles.